The van der Waals surface area contributed by atoms with Crippen molar-refractivity contribution in [2.75, 3.05) is 36.5 Å². The molecular weight excluding hydrogens is 408 g/mol. The van der Waals surface area contributed by atoms with Gasteiger partial charge in [0.25, 0.3) is 0 Å². The molecule has 0 unspecified atom stereocenters. The Labute approximate surface area is 184 Å². The van der Waals surface area contributed by atoms with Gasteiger partial charge in [-0.05, 0) is 48.6 Å². The molecule has 1 fully saturated rings. The standard InChI is InChI=1S/C24H22N4O4/c25-22(30)24(31)26-19-8-5-16(6-9-19)21(29)10-7-18-15-17-3-1-2-4-20(17)27-23(18)28-11-13-32-14-12-28/h1-10,15H,11-14H2,(H2,25,30)(H,26,31). The molecule has 2 heterocycles. The molecule has 0 atom stereocenters. The third-order valence-electron chi connectivity index (χ3n) is 5.11. The number of allylic oxidation sites excluding steroid dienone is 1. The van der Waals surface area contributed by atoms with Crippen molar-refractivity contribution >= 4 is 46.1 Å². The molecule has 3 N–H and O–H groups in total. The molecule has 0 spiro atoms. The molecule has 8 heteroatoms. The van der Waals surface area contributed by atoms with E-state index in [0.29, 0.717) is 24.5 Å². The van der Waals surface area contributed by atoms with E-state index >= 15 is 0 Å². The Bertz CT molecular complexity index is 1200. The third-order valence-corrected chi connectivity index (χ3v) is 5.11. The summed E-state index contributed by atoms with van der Waals surface area (Å²) in [6.45, 7) is 2.74. The van der Waals surface area contributed by atoms with Crippen molar-refractivity contribution in [2.24, 2.45) is 5.73 Å². The van der Waals surface area contributed by atoms with Gasteiger partial charge < -0.3 is 20.7 Å². The second kappa shape index (κ2) is 9.40. The van der Waals surface area contributed by atoms with E-state index in [2.05, 4.69) is 10.2 Å². The van der Waals surface area contributed by atoms with Crippen LogP contribution in [0.4, 0.5) is 11.5 Å². The molecule has 0 saturated carbocycles. The molecule has 3 aromatic rings. The van der Waals surface area contributed by atoms with Crippen LogP contribution in [-0.2, 0) is 14.3 Å². The number of para-hydroxylation sites is 1. The number of morpholine rings is 1. The zero-order valence-corrected chi connectivity index (χ0v) is 17.3. The van der Waals surface area contributed by atoms with Gasteiger partial charge in [-0.1, -0.05) is 18.2 Å². The minimum atomic E-state index is -1.08. The maximum absolute atomic E-state index is 12.7. The lowest BCUT2D eigenvalue weighted by Crippen LogP contribution is -2.37. The van der Waals surface area contributed by atoms with Crippen molar-refractivity contribution in [3.63, 3.8) is 0 Å². The number of amides is 2. The second-order valence-corrected chi connectivity index (χ2v) is 7.29. The van der Waals surface area contributed by atoms with Gasteiger partial charge in [0.15, 0.2) is 5.78 Å². The highest BCUT2D eigenvalue weighted by molar-refractivity contribution is 6.39. The fourth-order valence-electron chi connectivity index (χ4n) is 3.45. The van der Waals surface area contributed by atoms with E-state index in [9.17, 15) is 14.4 Å². The summed E-state index contributed by atoms with van der Waals surface area (Å²) < 4.78 is 5.46. The van der Waals surface area contributed by atoms with Gasteiger partial charge in [-0.2, -0.15) is 0 Å². The number of rotatable bonds is 5. The number of carbonyl (C=O) groups is 3. The number of hydrogen-bond donors (Lipinski definition) is 2. The van der Waals surface area contributed by atoms with Crippen LogP contribution in [0.5, 0.6) is 0 Å². The first-order valence-electron chi connectivity index (χ1n) is 10.2. The van der Waals surface area contributed by atoms with Crippen LogP contribution < -0.4 is 16.0 Å². The summed E-state index contributed by atoms with van der Waals surface area (Å²) in [6, 6.07) is 16.1. The largest absolute Gasteiger partial charge is 0.378 e. The van der Waals surface area contributed by atoms with Crippen molar-refractivity contribution in [3.8, 4) is 0 Å². The van der Waals surface area contributed by atoms with Crippen LogP contribution in [0.2, 0.25) is 0 Å². The molecule has 1 aromatic heterocycles. The number of fused-ring (bicyclic) bond motifs is 1. The van der Waals surface area contributed by atoms with E-state index in [0.717, 1.165) is 35.4 Å². The lowest BCUT2D eigenvalue weighted by atomic mass is 10.1. The number of benzene rings is 2. The molecule has 0 aliphatic carbocycles. The highest BCUT2D eigenvalue weighted by Gasteiger charge is 2.16. The first kappa shape index (κ1) is 21.2. The normalized spacial score (nSPS) is 13.9. The first-order valence-corrected chi connectivity index (χ1v) is 10.2. The van der Waals surface area contributed by atoms with Gasteiger partial charge in [-0.15, -0.1) is 0 Å². The fraction of sp³-hybridized carbons (Fsp3) is 0.167. The Hall–Kier alpha value is -4.04. The third kappa shape index (κ3) is 4.81. The van der Waals surface area contributed by atoms with Crippen molar-refractivity contribution in [3.05, 3.63) is 71.8 Å². The van der Waals surface area contributed by atoms with Crippen LogP contribution in [0.25, 0.3) is 17.0 Å². The number of ether oxygens (including phenoxy) is 1. The number of pyridine rings is 1. The molecule has 2 aromatic carbocycles. The van der Waals surface area contributed by atoms with Crippen molar-refractivity contribution in [1.29, 1.82) is 0 Å². The van der Waals surface area contributed by atoms with Crippen LogP contribution >= 0.6 is 0 Å². The molecule has 1 aliphatic rings. The summed E-state index contributed by atoms with van der Waals surface area (Å²) in [7, 11) is 0. The van der Waals surface area contributed by atoms with Crippen LogP contribution in [-0.4, -0.2) is 48.9 Å². The Morgan fingerprint density at radius 1 is 1.03 bits per heavy atom. The molecule has 8 nitrogen and oxygen atoms in total. The summed E-state index contributed by atoms with van der Waals surface area (Å²) in [4.78, 5) is 41.9. The smallest absolute Gasteiger partial charge is 0.313 e. The van der Waals surface area contributed by atoms with Gasteiger partial charge in [-0.25, -0.2) is 4.98 Å². The minimum Gasteiger partial charge on any atom is -0.378 e. The lowest BCUT2D eigenvalue weighted by Gasteiger charge is -2.29. The molecular formula is C24H22N4O4. The second-order valence-electron chi connectivity index (χ2n) is 7.29. The lowest BCUT2D eigenvalue weighted by molar-refractivity contribution is -0.134. The monoisotopic (exact) mass is 430 g/mol. The number of hydrogen-bond acceptors (Lipinski definition) is 6. The van der Waals surface area contributed by atoms with E-state index in [4.69, 9.17) is 15.5 Å². The molecule has 1 saturated heterocycles. The molecule has 1 aliphatic heterocycles. The van der Waals surface area contributed by atoms with Crippen molar-refractivity contribution in [2.45, 2.75) is 0 Å². The zero-order valence-electron chi connectivity index (χ0n) is 17.3. The van der Waals surface area contributed by atoms with Crippen molar-refractivity contribution in [1.82, 2.24) is 4.98 Å². The number of primary amides is 1. The average Bonchev–Trinajstić information content (AvgIpc) is 2.83. The first-order chi connectivity index (χ1) is 15.5. The predicted octanol–water partition coefficient (Wildman–Crippen LogP) is 2.39. The van der Waals surface area contributed by atoms with Gasteiger partial charge in [0, 0.05) is 35.3 Å². The number of ketones is 1. The summed E-state index contributed by atoms with van der Waals surface area (Å²) in [5.74, 6) is -1.36. The Balaban J connectivity index is 1.57. The van der Waals surface area contributed by atoms with E-state index in [-0.39, 0.29) is 5.78 Å². The van der Waals surface area contributed by atoms with Gasteiger partial charge in [-0.3, -0.25) is 14.4 Å². The summed E-state index contributed by atoms with van der Waals surface area (Å²) in [5, 5.41) is 3.35. The fourth-order valence-corrected chi connectivity index (χ4v) is 3.45. The highest BCUT2D eigenvalue weighted by atomic mass is 16.5. The Morgan fingerprint density at radius 2 is 1.75 bits per heavy atom. The van der Waals surface area contributed by atoms with Crippen LogP contribution in [0.3, 0.4) is 0 Å². The summed E-state index contributed by atoms with van der Waals surface area (Å²) >= 11 is 0. The average molecular weight is 430 g/mol. The number of nitrogens with one attached hydrogen (secondary N) is 1. The van der Waals surface area contributed by atoms with Crippen LogP contribution in [0.1, 0.15) is 15.9 Å². The minimum absolute atomic E-state index is 0.195. The number of anilines is 2. The van der Waals surface area contributed by atoms with Crippen molar-refractivity contribution < 1.29 is 19.1 Å². The highest BCUT2D eigenvalue weighted by Crippen LogP contribution is 2.26. The summed E-state index contributed by atoms with van der Waals surface area (Å²) in [6.07, 6.45) is 3.28. The van der Waals surface area contributed by atoms with E-state index in [1.54, 1.807) is 30.3 Å². The molecule has 0 radical (unpaired) electrons. The Morgan fingerprint density at radius 3 is 2.47 bits per heavy atom. The van der Waals surface area contributed by atoms with E-state index in [1.165, 1.54) is 6.08 Å². The molecule has 32 heavy (non-hydrogen) atoms. The van der Waals surface area contributed by atoms with E-state index < -0.39 is 11.8 Å². The number of aromatic nitrogens is 1. The van der Waals surface area contributed by atoms with Crippen LogP contribution in [0, 0.1) is 0 Å². The van der Waals surface area contributed by atoms with Gasteiger partial charge in [0.1, 0.15) is 5.82 Å². The molecule has 0 bridgehead atoms. The SMILES string of the molecule is NC(=O)C(=O)Nc1ccc(C(=O)C=Cc2cc3ccccc3nc2N2CCOCC2)cc1. The summed E-state index contributed by atoms with van der Waals surface area (Å²) in [5.41, 5.74) is 7.50. The number of nitrogens with zero attached hydrogens (tertiary/aromatic N) is 2. The zero-order chi connectivity index (χ0) is 22.5. The molecule has 162 valence electrons. The Kier molecular flexibility index (Phi) is 6.23. The quantitative estimate of drug-likeness (QED) is 0.365. The van der Waals surface area contributed by atoms with Gasteiger partial charge in [0.2, 0.25) is 0 Å². The topological polar surface area (TPSA) is 115 Å². The van der Waals surface area contributed by atoms with Crippen LogP contribution in [0.15, 0.2) is 60.7 Å². The maximum Gasteiger partial charge on any atom is 0.313 e. The predicted molar refractivity (Wildman–Crippen MR) is 122 cm³/mol. The maximum atomic E-state index is 12.7. The van der Waals surface area contributed by atoms with Gasteiger partial charge in [0.05, 0.1) is 18.7 Å². The van der Waals surface area contributed by atoms with Gasteiger partial charge >= 0.3 is 11.8 Å². The van der Waals surface area contributed by atoms with E-state index in [1.807, 2.05) is 30.3 Å². The number of carbonyl (C=O) groups excluding carboxylic acids is 3. The number of nitrogens with two attached hydrogens (primary N) is 1. The molecule has 4 rings (SSSR count). The molecule has 2 amide bonds.